The highest BCUT2D eigenvalue weighted by Crippen LogP contribution is 1.95. The van der Waals surface area contributed by atoms with Crippen LogP contribution in [0.3, 0.4) is 0 Å². The van der Waals surface area contributed by atoms with Crippen LogP contribution in [0.5, 0.6) is 0 Å². The molecule has 0 spiro atoms. The van der Waals surface area contributed by atoms with E-state index >= 15 is 0 Å². The van der Waals surface area contributed by atoms with E-state index in [0.717, 1.165) is 13.0 Å². The minimum absolute atomic E-state index is 0.102. The van der Waals surface area contributed by atoms with Gasteiger partial charge in [-0.05, 0) is 26.8 Å². The van der Waals surface area contributed by atoms with Crippen molar-refractivity contribution >= 4 is 0 Å². The lowest BCUT2D eigenvalue weighted by atomic mass is 10.2. The van der Waals surface area contributed by atoms with E-state index in [9.17, 15) is 0 Å². The molecule has 0 radical (unpaired) electrons. The van der Waals surface area contributed by atoms with E-state index in [2.05, 4.69) is 12.2 Å². The number of rotatable bonds is 9. The summed E-state index contributed by atoms with van der Waals surface area (Å²) in [5.74, 6) is 0. The van der Waals surface area contributed by atoms with Crippen molar-refractivity contribution < 1.29 is 14.6 Å². The molecule has 0 aromatic rings. The fourth-order valence-electron chi connectivity index (χ4n) is 1.04. The fourth-order valence-corrected chi connectivity index (χ4v) is 1.04. The van der Waals surface area contributed by atoms with Gasteiger partial charge in [-0.25, -0.2) is 0 Å². The van der Waals surface area contributed by atoms with Gasteiger partial charge in [0.2, 0.25) is 0 Å². The van der Waals surface area contributed by atoms with Gasteiger partial charge < -0.3 is 19.9 Å². The van der Waals surface area contributed by atoms with Gasteiger partial charge in [0.1, 0.15) is 0 Å². The van der Waals surface area contributed by atoms with Crippen molar-refractivity contribution in [3.63, 3.8) is 0 Å². The second kappa shape index (κ2) is 9.40. The van der Waals surface area contributed by atoms with Crippen LogP contribution in [-0.4, -0.2) is 50.7 Å². The molecule has 2 atom stereocenters. The molecule has 0 rings (SSSR count). The van der Waals surface area contributed by atoms with Crippen molar-refractivity contribution in [1.82, 2.24) is 5.32 Å². The first kappa shape index (κ1) is 13.8. The first-order chi connectivity index (χ1) is 6.72. The second-order valence-corrected chi connectivity index (χ2v) is 3.37. The summed E-state index contributed by atoms with van der Waals surface area (Å²) in [6.07, 6.45) is 1.19. The van der Waals surface area contributed by atoms with Crippen LogP contribution in [0.25, 0.3) is 0 Å². The van der Waals surface area contributed by atoms with E-state index in [4.69, 9.17) is 14.6 Å². The van der Waals surface area contributed by atoms with Gasteiger partial charge in [-0.1, -0.05) is 0 Å². The average Bonchev–Trinajstić information content (AvgIpc) is 2.21. The third-order valence-electron chi connectivity index (χ3n) is 2.24. The molecule has 0 fully saturated rings. The summed E-state index contributed by atoms with van der Waals surface area (Å²) in [5, 5.41) is 11.8. The maximum Gasteiger partial charge on any atom is 0.0697 e. The summed E-state index contributed by atoms with van der Waals surface area (Å²) < 4.78 is 10.3. The summed E-state index contributed by atoms with van der Waals surface area (Å²) in [4.78, 5) is 0. The number of ether oxygens (including phenoxy) is 2. The first-order valence-electron chi connectivity index (χ1n) is 5.17. The highest BCUT2D eigenvalue weighted by Gasteiger charge is 2.08. The van der Waals surface area contributed by atoms with Gasteiger partial charge in [-0.2, -0.15) is 0 Å². The standard InChI is InChI=1S/C10H23NO3/c1-9(10(2)13-3)11-5-4-7-14-8-6-12/h9-12H,4-8H2,1-3H3. The van der Waals surface area contributed by atoms with Gasteiger partial charge in [0, 0.05) is 19.8 Å². The SMILES string of the molecule is COC(C)C(C)NCCCOCCO. The van der Waals surface area contributed by atoms with E-state index in [1.54, 1.807) is 7.11 Å². The molecule has 0 aromatic heterocycles. The van der Waals surface area contributed by atoms with Crippen molar-refractivity contribution in [3.8, 4) is 0 Å². The molecule has 14 heavy (non-hydrogen) atoms. The maximum absolute atomic E-state index is 8.46. The highest BCUT2D eigenvalue weighted by atomic mass is 16.5. The molecule has 2 N–H and O–H groups in total. The Hall–Kier alpha value is -0.160. The Labute approximate surface area is 86.6 Å². The van der Waals surface area contributed by atoms with E-state index in [-0.39, 0.29) is 12.7 Å². The number of hydrogen-bond donors (Lipinski definition) is 2. The molecule has 4 heteroatoms. The third kappa shape index (κ3) is 7.26. The van der Waals surface area contributed by atoms with Crippen molar-refractivity contribution in [2.75, 3.05) is 33.5 Å². The summed E-state index contributed by atoms with van der Waals surface area (Å²) in [6, 6.07) is 0.359. The quantitative estimate of drug-likeness (QED) is 0.535. The monoisotopic (exact) mass is 205 g/mol. The lowest BCUT2D eigenvalue weighted by molar-refractivity contribution is 0.0797. The number of nitrogens with one attached hydrogen (secondary N) is 1. The van der Waals surface area contributed by atoms with Crippen LogP contribution in [0.4, 0.5) is 0 Å². The second-order valence-electron chi connectivity index (χ2n) is 3.37. The summed E-state index contributed by atoms with van der Waals surface area (Å²) in [6.45, 7) is 6.29. The number of aliphatic hydroxyl groups excluding tert-OH is 1. The zero-order chi connectivity index (χ0) is 10.8. The molecule has 0 aliphatic carbocycles. The third-order valence-corrected chi connectivity index (χ3v) is 2.24. The Morgan fingerprint density at radius 3 is 2.57 bits per heavy atom. The van der Waals surface area contributed by atoms with E-state index in [1.165, 1.54) is 0 Å². The van der Waals surface area contributed by atoms with Crippen LogP contribution < -0.4 is 5.32 Å². The van der Waals surface area contributed by atoms with Crippen LogP contribution in [0.2, 0.25) is 0 Å². The van der Waals surface area contributed by atoms with E-state index in [0.29, 0.717) is 19.3 Å². The van der Waals surface area contributed by atoms with Crippen LogP contribution in [-0.2, 0) is 9.47 Å². The Kier molecular flexibility index (Phi) is 9.29. The molecule has 4 nitrogen and oxygen atoms in total. The molecule has 0 amide bonds. The largest absolute Gasteiger partial charge is 0.394 e. The molecule has 0 bridgehead atoms. The fraction of sp³-hybridized carbons (Fsp3) is 1.00. The molecule has 0 saturated carbocycles. The zero-order valence-corrected chi connectivity index (χ0v) is 9.45. The van der Waals surface area contributed by atoms with Crippen molar-refractivity contribution in [3.05, 3.63) is 0 Å². The smallest absolute Gasteiger partial charge is 0.0697 e. The molecule has 0 aromatic carbocycles. The van der Waals surface area contributed by atoms with Gasteiger partial charge >= 0.3 is 0 Å². The van der Waals surface area contributed by atoms with Gasteiger partial charge in [0.15, 0.2) is 0 Å². The van der Waals surface area contributed by atoms with E-state index < -0.39 is 0 Å². The Morgan fingerprint density at radius 2 is 2.00 bits per heavy atom. The van der Waals surface area contributed by atoms with Gasteiger partial charge in [-0.15, -0.1) is 0 Å². The predicted octanol–water partition coefficient (Wildman–Crippen LogP) is 0.398. The highest BCUT2D eigenvalue weighted by molar-refractivity contribution is 4.67. The minimum atomic E-state index is 0.102. The lowest BCUT2D eigenvalue weighted by Crippen LogP contribution is -2.37. The molecule has 86 valence electrons. The Bertz CT molecular complexity index is 122. The summed E-state index contributed by atoms with van der Waals surface area (Å²) >= 11 is 0. The van der Waals surface area contributed by atoms with Gasteiger partial charge in [-0.3, -0.25) is 0 Å². The Morgan fingerprint density at radius 1 is 1.29 bits per heavy atom. The molecule has 0 aliphatic rings. The normalized spacial score (nSPS) is 15.4. The maximum atomic E-state index is 8.46. The summed E-state index contributed by atoms with van der Waals surface area (Å²) in [5.41, 5.74) is 0. The van der Waals surface area contributed by atoms with Crippen LogP contribution in [0, 0.1) is 0 Å². The Balaban J connectivity index is 3.18. The molecular formula is C10H23NO3. The van der Waals surface area contributed by atoms with Crippen LogP contribution in [0.1, 0.15) is 20.3 Å². The zero-order valence-electron chi connectivity index (χ0n) is 9.45. The molecule has 0 heterocycles. The molecule has 0 aliphatic heterocycles. The first-order valence-corrected chi connectivity index (χ1v) is 5.17. The van der Waals surface area contributed by atoms with Crippen LogP contribution >= 0.6 is 0 Å². The van der Waals surface area contributed by atoms with Crippen molar-refractivity contribution in [2.24, 2.45) is 0 Å². The van der Waals surface area contributed by atoms with Gasteiger partial charge in [0.25, 0.3) is 0 Å². The van der Waals surface area contributed by atoms with Crippen molar-refractivity contribution in [2.45, 2.75) is 32.4 Å². The summed E-state index contributed by atoms with van der Waals surface area (Å²) in [7, 11) is 1.72. The van der Waals surface area contributed by atoms with E-state index in [1.807, 2.05) is 6.92 Å². The van der Waals surface area contributed by atoms with Crippen LogP contribution in [0.15, 0.2) is 0 Å². The molecular weight excluding hydrogens is 182 g/mol. The number of aliphatic hydroxyl groups is 1. The molecule has 0 saturated heterocycles. The molecule has 2 unspecified atom stereocenters. The lowest BCUT2D eigenvalue weighted by Gasteiger charge is -2.19. The van der Waals surface area contributed by atoms with Crippen molar-refractivity contribution in [1.29, 1.82) is 0 Å². The topological polar surface area (TPSA) is 50.7 Å². The predicted molar refractivity (Wildman–Crippen MR) is 56.5 cm³/mol. The van der Waals surface area contributed by atoms with Gasteiger partial charge in [0.05, 0.1) is 19.3 Å². The minimum Gasteiger partial charge on any atom is -0.394 e. The number of methoxy groups -OCH3 is 1. The number of hydrogen-bond acceptors (Lipinski definition) is 4. The average molecular weight is 205 g/mol.